The fourth-order valence-electron chi connectivity index (χ4n) is 2.23. The zero-order valence-electron chi connectivity index (χ0n) is 14.7. The van der Waals surface area contributed by atoms with Gasteiger partial charge in [0.25, 0.3) is 0 Å². The Morgan fingerprint density at radius 3 is 2.48 bits per heavy atom. The molecule has 1 amide bonds. The maximum atomic E-state index is 11.3. The first-order valence-corrected chi connectivity index (χ1v) is 8.90. The van der Waals surface area contributed by atoms with Gasteiger partial charge in [-0.25, -0.2) is 0 Å². The lowest BCUT2D eigenvalue weighted by Gasteiger charge is -2.09. The number of nitrogens with zero attached hydrogens (tertiary/aromatic N) is 1. The molecule has 25 heavy (non-hydrogen) atoms. The van der Waals surface area contributed by atoms with Gasteiger partial charge in [0, 0.05) is 25.4 Å². The van der Waals surface area contributed by atoms with Crippen LogP contribution in [0.25, 0.3) is 0 Å². The van der Waals surface area contributed by atoms with Crippen LogP contribution in [0, 0.1) is 5.92 Å². The fraction of sp³-hybridized carbons (Fsp3) is 0.667. The first kappa shape index (κ1) is 19.6. The monoisotopic (exact) mass is 352 g/mol. The van der Waals surface area contributed by atoms with Crippen LogP contribution in [0.4, 0.5) is 0 Å². The molecule has 0 aromatic carbocycles. The topological polar surface area (TPSA) is 76.9 Å². The Morgan fingerprint density at radius 1 is 1.12 bits per heavy atom. The number of hydrogen-bond acceptors (Lipinski definition) is 6. The van der Waals surface area contributed by atoms with Crippen molar-refractivity contribution in [2.24, 2.45) is 5.92 Å². The van der Waals surface area contributed by atoms with Gasteiger partial charge >= 0.3 is 0 Å². The van der Waals surface area contributed by atoms with Crippen molar-refractivity contribution in [3.63, 3.8) is 0 Å². The van der Waals surface area contributed by atoms with E-state index in [-0.39, 0.29) is 5.91 Å². The SMILES string of the molecule is O=C/C=C\C(=O)NCC1=CN1CCOCCOCCOCCC1CC1. The van der Waals surface area contributed by atoms with Crippen molar-refractivity contribution in [1.29, 1.82) is 0 Å². The van der Waals surface area contributed by atoms with Crippen molar-refractivity contribution in [2.75, 3.05) is 52.7 Å². The van der Waals surface area contributed by atoms with E-state index in [2.05, 4.69) is 5.32 Å². The Kier molecular flexibility index (Phi) is 9.25. The molecule has 2 aliphatic rings. The van der Waals surface area contributed by atoms with Gasteiger partial charge in [-0.1, -0.05) is 12.8 Å². The number of carbonyl (C=O) groups is 2. The number of nitrogens with one attached hydrogen (secondary N) is 1. The first-order chi connectivity index (χ1) is 12.3. The molecule has 0 unspecified atom stereocenters. The lowest BCUT2D eigenvalue weighted by Crippen LogP contribution is -2.24. The molecule has 140 valence electrons. The average Bonchev–Trinajstić information content (AvgIpc) is 3.52. The maximum Gasteiger partial charge on any atom is 0.244 e. The number of amides is 1. The van der Waals surface area contributed by atoms with Crippen LogP contribution in [0.1, 0.15) is 19.3 Å². The third-order valence-electron chi connectivity index (χ3n) is 3.96. The molecule has 7 nitrogen and oxygen atoms in total. The highest BCUT2D eigenvalue weighted by Gasteiger charge is 2.20. The number of ether oxygens (including phenoxy) is 3. The summed E-state index contributed by atoms with van der Waals surface area (Å²) in [5, 5.41) is 2.69. The number of hydrogen-bond donors (Lipinski definition) is 1. The van der Waals surface area contributed by atoms with Gasteiger partial charge in [-0.2, -0.15) is 0 Å². The van der Waals surface area contributed by atoms with E-state index >= 15 is 0 Å². The molecule has 0 aromatic heterocycles. The van der Waals surface area contributed by atoms with Gasteiger partial charge in [0.15, 0.2) is 0 Å². The van der Waals surface area contributed by atoms with Crippen LogP contribution in [0.15, 0.2) is 24.0 Å². The zero-order chi connectivity index (χ0) is 17.7. The summed E-state index contributed by atoms with van der Waals surface area (Å²) in [6, 6.07) is 0. The molecule has 1 heterocycles. The van der Waals surface area contributed by atoms with Crippen LogP contribution in [-0.4, -0.2) is 69.8 Å². The summed E-state index contributed by atoms with van der Waals surface area (Å²) < 4.78 is 16.4. The van der Waals surface area contributed by atoms with E-state index in [0.29, 0.717) is 45.9 Å². The lowest BCUT2D eigenvalue weighted by atomic mass is 10.3. The van der Waals surface area contributed by atoms with Crippen molar-refractivity contribution in [1.82, 2.24) is 10.2 Å². The smallest absolute Gasteiger partial charge is 0.244 e. The summed E-state index contributed by atoms with van der Waals surface area (Å²) in [4.78, 5) is 23.4. The van der Waals surface area contributed by atoms with Crippen LogP contribution < -0.4 is 5.32 Å². The van der Waals surface area contributed by atoms with Crippen molar-refractivity contribution in [3.05, 3.63) is 24.0 Å². The summed E-state index contributed by atoms with van der Waals surface area (Å²) >= 11 is 0. The van der Waals surface area contributed by atoms with E-state index < -0.39 is 0 Å². The summed E-state index contributed by atoms with van der Waals surface area (Å²) in [5.41, 5.74) is 1.05. The van der Waals surface area contributed by atoms with Gasteiger partial charge < -0.3 is 24.4 Å². The Hall–Kier alpha value is -1.70. The Labute approximate surface area is 149 Å². The number of aldehydes is 1. The molecule has 2 rings (SSSR count). The highest BCUT2D eigenvalue weighted by atomic mass is 16.5. The van der Waals surface area contributed by atoms with E-state index in [4.69, 9.17) is 14.2 Å². The lowest BCUT2D eigenvalue weighted by molar-refractivity contribution is -0.116. The van der Waals surface area contributed by atoms with Crippen molar-refractivity contribution in [2.45, 2.75) is 19.3 Å². The van der Waals surface area contributed by atoms with Gasteiger partial charge in [-0.15, -0.1) is 0 Å². The van der Waals surface area contributed by atoms with Crippen LogP contribution in [0.3, 0.4) is 0 Å². The fourth-order valence-corrected chi connectivity index (χ4v) is 2.23. The van der Waals surface area contributed by atoms with E-state index in [1.54, 1.807) is 0 Å². The Bertz CT molecular complexity index is 474. The second-order valence-corrected chi connectivity index (χ2v) is 6.10. The molecule has 0 atom stereocenters. The van der Waals surface area contributed by atoms with Crippen LogP contribution in [-0.2, 0) is 23.8 Å². The van der Waals surface area contributed by atoms with Gasteiger partial charge in [-0.3, -0.25) is 9.59 Å². The van der Waals surface area contributed by atoms with Crippen LogP contribution >= 0.6 is 0 Å². The normalized spacial score (nSPS) is 16.2. The van der Waals surface area contributed by atoms with E-state index in [1.165, 1.54) is 31.4 Å². The first-order valence-electron chi connectivity index (χ1n) is 8.90. The van der Waals surface area contributed by atoms with Gasteiger partial charge in [0.2, 0.25) is 5.91 Å². The maximum absolute atomic E-state index is 11.3. The molecule has 1 aliphatic carbocycles. The molecule has 1 fully saturated rings. The third kappa shape index (κ3) is 10.0. The molecule has 1 saturated carbocycles. The average molecular weight is 352 g/mol. The molecule has 0 aromatic rings. The number of carbonyl (C=O) groups excluding carboxylic acids is 2. The largest absolute Gasteiger partial charge is 0.379 e. The van der Waals surface area contributed by atoms with Gasteiger partial charge in [0.05, 0.1) is 45.3 Å². The van der Waals surface area contributed by atoms with Gasteiger partial charge in [-0.05, 0) is 18.4 Å². The molecule has 7 heteroatoms. The summed E-state index contributed by atoms with van der Waals surface area (Å²) in [7, 11) is 0. The standard InChI is InChI=1S/C18H28N2O5/c21-7-1-2-18(22)19-14-17-15-20(17)6-9-24-11-13-25-12-10-23-8-5-16-3-4-16/h1-2,7,15-16H,3-6,8-14H2,(H,19,22)/b2-1-. The second-order valence-electron chi connectivity index (χ2n) is 6.10. The van der Waals surface area contributed by atoms with Gasteiger partial charge in [0.1, 0.15) is 6.29 Å². The molecule has 0 bridgehead atoms. The number of rotatable bonds is 16. The highest BCUT2D eigenvalue weighted by molar-refractivity contribution is 5.91. The van der Waals surface area contributed by atoms with Crippen molar-refractivity contribution in [3.8, 4) is 0 Å². The number of allylic oxidation sites excluding steroid dienone is 1. The van der Waals surface area contributed by atoms with E-state index in [9.17, 15) is 9.59 Å². The van der Waals surface area contributed by atoms with Crippen molar-refractivity contribution < 1.29 is 23.8 Å². The minimum Gasteiger partial charge on any atom is -0.379 e. The van der Waals surface area contributed by atoms with Crippen LogP contribution in [0.5, 0.6) is 0 Å². The molecular weight excluding hydrogens is 324 g/mol. The quantitative estimate of drug-likeness (QED) is 0.252. The van der Waals surface area contributed by atoms with E-state index in [1.807, 2.05) is 11.1 Å². The summed E-state index contributed by atoms with van der Waals surface area (Å²) in [5.74, 6) is 0.645. The van der Waals surface area contributed by atoms with E-state index in [0.717, 1.165) is 24.8 Å². The molecule has 1 N–H and O–H groups in total. The molecule has 1 aliphatic heterocycles. The molecule has 0 spiro atoms. The zero-order valence-corrected chi connectivity index (χ0v) is 14.7. The van der Waals surface area contributed by atoms with Crippen LogP contribution in [0.2, 0.25) is 0 Å². The summed E-state index contributed by atoms with van der Waals surface area (Å²) in [6.45, 7) is 5.10. The molecular formula is C18H28N2O5. The van der Waals surface area contributed by atoms with Crippen molar-refractivity contribution >= 4 is 12.2 Å². The predicted molar refractivity (Wildman–Crippen MR) is 92.8 cm³/mol. The Morgan fingerprint density at radius 2 is 1.80 bits per heavy atom. The minimum absolute atomic E-state index is 0.273. The summed E-state index contributed by atoms with van der Waals surface area (Å²) in [6.07, 6.45) is 8.85. The Balaban J connectivity index is 1.29. The highest BCUT2D eigenvalue weighted by Crippen LogP contribution is 2.31. The predicted octanol–water partition coefficient (Wildman–Crippen LogP) is 0.865. The molecule has 0 saturated heterocycles. The molecule has 0 radical (unpaired) electrons. The third-order valence-corrected chi connectivity index (χ3v) is 3.96. The minimum atomic E-state index is -0.273. The second kappa shape index (κ2) is 11.8.